The summed E-state index contributed by atoms with van der Waals surface area (Å²) in [5.41, 5.74) is 0.402. The predicted octanol–water partition coefficient (Wildman–Crippen LogP) is 2.93. The highest BCUT2D eigenvalue weighted by Crippen LogP contribution is 2.29. The van der Waals surface area contributed by atoms with Crippen molar-refractivity contribution in [3.05, 3.63) is 34.9 Å². The minimum Gasteiger partial charge on any atom is -0.351 e. The third kappa shape index (κ3) is 5.87. The molecular weight excluding hydrogens is 382 g/mol. The van der Waals surface area contributed by atoms with E-state index in [4.69, 9.17) is 11.6 Å². The fourth-order valence-corrected chi connectivity index (χ4v) is 4.23. The molecule has 2 amide bonds. The second-order valence-electron chi connectivity index (χ2n) is 7.34. The van der Waals surface area contributed by atoms with Crippen LogP contribution in [-0.4, -0.2) is 59.9 Å². The van der Waals surface area contributed by atoms with Crippen molar-refractivity contribution in [1.29, 1.82) is 0 Å². The Morgan fingerprint density at radius 1 is 1.22 bits per heavy atom. The first-order valence-electron chi connectivity index (χ1n) is 9.67. The standard InChI is InChI=1S/C20H28ClN3O2S/c1-27-13-10-18(23-19(25)16-4-2-3-5-17(16)21)20(26)22-14-8-11-24(12-9-14)15-6-7-15/h2-5,14-15,18H,6-13H2,1H3,(H,22,26)(H,23,25). The molecule has 0 bridgehead atoms. The van der Waals surface area contributed by atoms with E-state index in [1.165, 1.54) is 12.8 Å². The van der Waals surface area contributed by atoms with E-state index in [0.717, 1.165) is 37.7 Å². The lowest BCUT2D eigenvalue weighted by atomic mass is 10.0. The van der Waals surface area contributed by atoms with E-state index in [-0.39, 0.29) is 17.9 Å². The molecule has 0 aromatic heterocycles. The number of nitrogens with zero attached hydrogens (tertiary/aromatic N) is 1. The molecule has 2 aliphatic rings. The Morgan fingerprint density at radius 2 is 1.93 bits per heavy atom. The van der Waals surface area contributed by atoms with Gasteiger partial charge in [0.2, 0.25) is 5.91 Å². The summed E-state index contributed by atoms with van der Waals surface area (Å²) >= 11 is 7.78. The number of nitrogens with one attached hydrogen (secondary N) is 2. The highest BCUT2D eigenvalue weighted by atomic mass is 35.5. The largest absolute Gasteiger partial charge is 0.351 e. The summed E-state index contributed by atoms with van der Waals surface area (Å²) in [5, 5.41) is 6.43. The van der Waals surface area contributed by atoms with Crippen LogP contribution in [-0.2, 0) is 4.79 Å². The molecule has 1 saturated heterocycles. The van der Waals surface area contributed by atoms with E-state index in [1.54, 1.807) is 36.0 Å². The van der Waals surface area contributed by atoms with Crippen LogP contribution < -0.4 is 10.6 Å². The van der Waals surface area contributed by atoms with Gasteiger partial charge in [-0.1, -0.05) is 23.7 Å². The lowest BCUT2D eigenvalue weighted by Gasteiger charge is -2.33. The fourth-order valence-electron chi connectivity index (χ4n) is 3.54. The Bertz CT molecular complexity index is 660. The zero-order chi connectivity index (χ0) is 19.2. The Morgan fingerprint density at radius 3 is 2.56 bits per heavy atom. The molecule has 1 heterocycles. The third-order valence-electron chi connectivity index (χ3n) is 5.29. The summed E-state index contributed by atoms with van der Waals surface area (Å²) in [7, 11) is 0. The number of piperidine rings is 1. The van der Waals surface area contributed by atoms with Crippen LogP contribution in [0.4, 0.5) is 0 Å². The van der Waals surface area contributed by atoms with Gasteiger partial charge in [-0.3, -0.25) is 9.59 Å². The van der Waals surface area contributed by atoms with Gasteiger partial charge in [0, 0.05) is 25.2 Å². The quantitative estimate of drug-likeness (QED) is 0.693. The number of carbonyl (C=O) groups excluding carboxylic acids is 2. The summed E-state index contributed by atoms with van der Waals surface area (Å²) in [6.45, 7) is 2.11. The molecule has 0 spiro atoms. The van der Waals surface area contributed by atoms with Gasteiger partial charge in [-0.15, -0.1) is 0 Å². The molecular formula is C20H28ClN3O2S. The number of amides is 2. The van der Waals surface area contributed by atoms with E-state index in [0.29, 0.717) is 17.0 Å². The summed E-state index contributed by atoms with van der Waals surface area (Å²) in [4.78, 5) is 27.9. The molecule has 1 aliphatic heterocycles. The maximum absolute atomic E-state index is 12.8. The number of halogens is 1. The molecule has 27 heavy (non-hydrogen) atoms. The number of carbonyl (C=O) groups is 2. The second kappa shape index (κ2) is 9.80. The molecule has 0 radical (unpaired) electrons. The van der Waals surface area contributed by atoms with Gasteiger partial charge in [-0.05, 0) is 56.2 Å². The molecule has 1 aromatic rings. The van der Waals surface area contributed by atoms with Crippen molar-refractivity contribution in [3.8, 4) is 0 Å². The average molecular weight is 410 g/mol. The summed E-state index contributed by atoms with van der Waals surface area (Å²) in [6.07, 6.45) is 7.21. The highest BCUT2D eigenvalue weighted by molar-refractivity contribution is 7.98. The monoisotopic (exact) mass is 409 g/mol. The van der Waals surface area contributed by atoms with E-state index < -0.39 is 6.04 Å². The van der Waals surface area contributed by atoms with Crippen LogP contribution in [0.3, 0.4) is 0 Å². The number of rotatable bonds is 8. The lowest BCUT2D eigenvalue weighted by molar-refractivity contribution is -0.124. The van der Waals surface area contributed by atoms with Gasteiger partial charge in [0.1, 0.15) is 6.04 Å². The van der Waals surface area contributed by atoms with Gasteiger partial charge in [0.05, 0.1) is 10.6 Å². The van der Waals surface area contributed by atoms with Crippen LogP contribution in [0.2, 0.25) is 5.02 Å². The topological polar surface area (TPSA) is 61.4 Å². The Kier molecular flexibility index (Phi) is 7.44. The molecule has 2 N–H and O–H groups in total. The molecule has 1 aliphatic carbocycles. The smallest absolute Gasteiger partial charge is 0.253 e. The molecule has 1 atom stereocenters. The lowest BCUT2D eigenvalue weighted by Crippen LogP contribution is -2.52. The van der Waals surface area contributed by atoms with Crippen LogP contribution in [0.5, 0.6) is 0 Å². The van der Waals surface area contributed by atoms with Gasteiger partial charge in [-0.2, -0.15) is 11.8 Å². The second-order valence-corrected chi connectivity index (χ2v) is 8.73. The number of thioether (sulfide) groups is 1. The van der Waals surface area contributed by atoms with Crippen molar-refractivity contribution in [2.45, 2.75) is 50.2 Å². The molecule has 5 nitrogen and oxygen atoms in total. The predicted molar refractivity (Wildman–Crippen MR) is 111 cm³/mol. The minimum absolute atomic E-state index is 0.0886. The molecule has 3 rings (SSSR count). The number of hydrogen-bond donors (Lipinski definition) is 2. The number of likely N-dealkylation sites (tertiary alicyclic amines) is 1. The van der Waals surface area contributed by atoms with Crippen LogP contribution >= 0.6 is 23.4 Å². The maximum Gasteiger partial charge on any atom is 0.253 e. The van der Waals surface area contributed by atoms with E-state index in [2.05, 4.69) is 15.5 Å². The normalized spacial score (nSPS) is 19.5. The molecule has 7 heteroatoms. The average Bonchev–Trinajstić information content (AvgIpc) is 3.51. The van der Waals surface area contributed by atoms with Crippen LogP contribution in [0.15, 0.2) is 24.3 Å². The molecule has 148 valence electrons. The van der Waals surface area contributed by atoms with Gasteiger partial charge in [0.25, 0.3) is 5.91 Å². The van der Waals surface area contributed by atoms with Crippen molar-refractivity contribution >= 4 is 35.2 Å². The first-order valence-corrected chi connectivity index (χ1v) is 11.4. The Balaban J connectivity index is 1.55. The van der Waals surface area contributed by atoms with Crippen molar-refractivity contribution < 1.29 is 9.59 Å². The van der Waals surface area contributed by atoms with Crippen LogP contribution in [0, 0.1) is 0 Å². The van der Waals surface area contributed by atoms with Crippen molar-refractivity contribution in [1.82, 2.24) is 15.5 Å². The van der Waals surface area contributed by atoms with Crippen molar-refractivity contribution in [3.63, 3.8) is 0 Å². The third-order valence-corrected chi connectivity index (χ3v) is 6.26. The van der Waals surface area contributed by atoms with Crippen molar-refractivity contribution in [2.75, 3.05) is 25.1 Å². The number of benzene rings is 1. The first kappa shape index (κ1) is 20.5. The molecule has 1 unspecified atom stereocenters. The van der Waals surface area contributed by atoms with Gasteiger partial charge >= 0.3 is 0 Å². The Hall–Kier alpha value is -1.24. The zero-order valence-corrected chi connectivity index (χ0v) is 17.3. The molecule has 1 saturated carbocycles. The van der Waals surface area contributed by atoms with Gasteiger partial charge in [0.15, 0.2) is 0 Å². The van der Waals surface area contributed by atoms with E-state index in [9.17, 15) is 9.59 Å². The minimum atomic E-state index is -0.539. The first-order chi connectivity index (χ1) is 13.1. The summed E-state index contributed by atoms with van der Waals surface area (Å²) < 4.78 is 0. The van der Waals surface area contributed by atoms with E-state index in [1.807, 2.05) is 6.26 Å². The molecule has 2 fully saturated rings. The van der Waals surface area contributed by atoms with Crippen LogP contribution in [0.25, 0.3) is 0 Å². The SMILES string of the molecule is CSCCC(NC(=O)c1ccccc1Cl)C(=O)NC1CCN(C2CC2)CC1. The van der Waals surface area contributed by atoms with Gasteiger partial charge < -0.3 is 15.5 Å². The maximum atomic E-state index is 12.8. The van der Waals surface area contributed by atoms with Crippen LogP contribution in [0.1, 0.15) is 42.5 Å². The number of hydrogen-bond acceptors (Lipinski definition) is 4. The van der Waals surface area contributed by atoms with Gasteiger partial charge in [-0.25, -0.2) is 0 Å². The van der Waals surface area contributed by atoms with E-state index >= 15 is 0 Å². The zero-order valence-electron chi connectivity index (χ0n) is 15.7. The fraction of sp³-hybridized carbons (Fsp3) is 0.600. The highest BCUT2D eigenvalue weighted by Gasteiger charge is 2.33. The Labute approximate surface area is 170 Å². The summed E-state index contributed by atoms with van der Waals surface area (Å²) in [6, 6.07) is 7.35. The summed E-state index contributed by atoms with van der Waals surface area (Å²) in [5.74, 6) is 0.417. The molecule has 1 aromatic carbocycles. The van der Waals surface area contributed by atoms with Crippen molar-refractivity contribution in [2.24, 2.45) is 0 Å².